The van der Waals surface area contributed by atoms with Crippen LogP contribution in [0.1, 0.15) is 54.7 Å². The number of fused-ring (bicyclic) bond motifs is 3. The molecule has 0 saturated heterocycles. The van der Waals surface area contributed by atoms with Gasteiger partial charge in [-0.3, -0.25) is 14.2 Å². The molecule has 0 radical (unpaired) electrons. The summed E-state index contributed by atoms with van der Waals surface area (Å²) in [7, 11) is 0. The molecular formula is C27H28N8O. The van der Waals surface area contributed by atoms with E-state index in [1.807, 2.05) is 40.9 Å². The van der Waals surface area contributed by atoms with Gasteiger partial charge in [-0.2, -0.15) is 4.80 Å². The van der Waals surface area contributed by atoms with Gasteiger partial charge in [0, 0.05) is 30.7 Å². The average Bonchev–Trinajstić information content (AvgIpc) is 3.61. The molecule has 1 N–H and O–H groups in total. The number of hydrogen-bond donors (Lipinski definition) is 1. The molecule has 4 saturated carbocycles. The predicted octanol–water partition coefficient (Wildman–Crippen LogP) is 3.38. The van der Waals surface area contributed by atoms with Crippen LogP contribution in [-0.4, -0.2) is 47.0 Å². The lowest BCUT2D eigenvalue weighted by molar-refractivity contribution is -0.00254. The first-order valence-corrected chi connectivity index (χ1v) is 13.0. The fraction of sp³-hybridized carbons (Fsp3) is 0.481. The molecule has 4 aliphatic rings. The molecule has 9 heteroatoms. The normalized spacial score (nSPS) is 31.5. The molecule has 9 nitrogen and oxygen atoms in total. The molecule has 4 aromatic rings. The molecule has 5 unspecified atom stereocenters. The number of imidazole rings is 1. The number of aromatic nitrogens is 7. The van der Waals surface area contributed by atoms with Crippen LogP contribution in [0.3, 0.4) is 0 Å². The van der Waals surface area contributed by atoms with E-state index >= 15 is 0 Å². The Morgan fingerprint density at radius 3 is 2.92 bits per heavy atom. The maximum atomic E-state index is 13.4. The maximum absolute atomic E-state index is 13.4. The van der Waals surface area contributed by atoms with Gasteiger partial charge in [0.25, 0.3) is 5.91 Å². The minimum Gasteiger partial charge on any atom is -0.350 e. The number of carbonyl (C=O) groups is 1. The summed E-state index contributed by atoms with van der Waals surface area (Å²) >= 11 is 0. The highest BCUT2D eigenvalue weighted by molar-refractivity contribution is 5.93. The van der Waals surface area contributed by atoms with Crippen molar-refractivity contribution < 1.29 is 4.79 Å². The van der Waals surface area contributed by atoms with Crippen LogP contribution in [0.4, 0.5) is 0 Å². The summed E-state index contributed by atoms with van der Waals surface area (Å²) in [5.74, 6) is 3.30. The van der Waals surface area contributed by atoms with Gasteiger partial charge in [0.2, 0.25) is 5.82 Å². The Morgan fingerprint density at radius 1 is 1.08 bits per heavy atom. The molecule has 0 aliphatic heterocycles. The summed E-state index contributed by atoms with van der Waals surface area (Å²) in [6, 6.07) is 9.39. The molecule has 4 heterocycles. The molecule has 1 amide bonds. The molecular weight excluding hydrogens is 452 g/mol. The molecule has 4 aliphatic carbocycles. The van der Waals surface area contributed by atoms with Crippen molar-refractivity contribution in [1.29, 1.82) is 0 Å². The third-order valence-electron chi connectivity index (χ3n) is 9.68. The zero-order chi connectivity index (χ0) is 23.9. The zero-order valence-electron chi connectivity index (χ0n) is 20.0. The van der Waals surface area contributed by atoms with Crippen LogP contribution in [0, 0.1) is 28.6 Å². The van der Waals surface area contributed by atoms with Crippen LogP contribution in [-0.2, 0) is 6.54 Å². The van der Waals surface area contributed by atoms with Crippen LogP contribution in [0.2, 0.25) is 0 Å². The largest absolute Gasteiger partial charge is 0.350 e. The predicted molar refractivity (Wildman–Crippen MR) is 131 cm³/mol. The highest BCUT2D eigenvalue weighted by Crippen LogP contribution is 2.78. The Balaban J connectivity index is 1.00. The van der Waals surface area contributed by atoms with Crippen molar-refractivity contribution >= 4 is 11.6 Å². The second-order valence-corrected chi connectivity index (χ2v) is 11.7. The van der Waals surface area contributed by atoms with Gasteiger partial charge < -0.3 is 5.32 Å². The first-order valence-electron chi connectivity index (χ1n) is 13.0. The van der Waals surface area contributed by atoms with Crippen molar-refractivity contribution in [2.24, 2.45) is 28.6 Å². The molecule has 8 rings (SSSR count). The van der Waals surface area contributed by atoms with Gasteiger partial charge in [-0.15, -0.1) is 10.2 Å². The van der Waals surface area contributed by atoms with Crippen LogP contribution in [0.15, 0.2) is 48.9 Å². The number of nitrogens with one attached hydrogen (secondary N) is 1. The van der Waals surface area contributed by atoms with E-state index in [1.165, 1.54) is 43.3 Å². The van der Waals surface area contributed by atoms with Crippen LogP contribution >= 0.6 is 0 Å². The lowest BCUT2D eigenvalue weighted by Gasteiger charge is -2.49. The van der Waals surface area contributed by atoms with E-state index in [1.54, 1.807) is 12.4 Å². The standard InChI is InChI=1S/C27H28N8O/c36-25(29-16-26-10-17-8-19-9-20(12-26)27(19,11-17)15-26)22-2-1-3-23-30-21(13-34(22)23)14-35-32-24(31-33-35)18-4-6-28-7-5-18/h1-7,13,17,19-20H,8-12,14-16H2,(H,29,36). The molecule has 4 aromatic heterocycles. The van der Waals surface area contributed by atoms with Crippen molar-refractivity contribution in [3.8, 4) is 11.4 Å². The number of hydrogen-bond acceptors (Lipinski definition) is 6. The Kier molecular flexibility index (Phi) is 4.12. The highest BCUT2D eigenvalue weighted by atomic mass is 16.1. The summed E-state index contributed by atoms with van der Waals surface area (Å²) in [5, 5.41) is 16.1. The summed E-state index contributed by atoms with van der Waals surface area (Å²) < 4.78 is 1.88. The van der Waals surface area contributed by atoms with E-state index in [2.05, 4.69) is 25.7 Å². The number of amides is 1. The quantitative estimate of drug-likeness (QED) is 0.454. The van der Waals surface area contributed by atoms with Crippen LogP contribution in [0.5, 0.6) is 0 Å². The van der Waals surface area contributed by atoms with E-state index in [0.29, 0.717) is 28.9 Å². The third kappa shape index (κ3) is 2.94. The van der Waals surface area contributed by atoms with Crippen molar-refractivity contribution in [2.45, 2.75) is 45.1 Å². The van der Waals surface area contributed by atoms with E-state index in [9.17, 15) is 4.79 Å². The van der Waals surface area contributed by atoms with Crippen LogP contribution < -0.4 is 5.32 Å². The second-order valence-electron chi connectivity index (χ2n) is 11.7. The summed E-state index contributed by atoms with van der Waals surface area (Å²) in [6.07, 6.45) is 13.6. The van der Waals surface area contributed by atoms with E-state index < -0.39 is 0 Å². The Bertz CT molecular complexity index is 1490. The molecule has 4 fully saturated rings. The maximum Gasteiger partial charge on any atom is 0.268 e. The fourth-order valence-corrected chi connectivity index (χ4v) is 8.50. The molecule has 3 bridgehead atoms. The molecule has 0 aromatic carbocycles. The third-order valence-corrected chi connectivity index (χ3v) is 9.68. The Hall–Kier alpha value is -3.62. The number of nitrogens with zero attached hydrogens (tertiary/aromatic N) is 7. The van der Waals surface area contributed by atoms with E-state index in [4.69, 9.17) is 4.98 Å². The van der Waals surface area contributed by atoms with Gasteiger partial charge in [-0.25, -0.2) is 4.98 Å². The summed E-state index contributed by atoms with van der Waals surface area (Å²) in [5.41, 5.74) is 3.94. The monoisotopic (exact) mass is 480 g/mol. The first-order chi connectivity index (χ1) is 17.6. The van der Waals surface area contributed by atoms with Crippen molar-refractivity contribution in [2.75, 3.05) is 6.54 Å². The molecule has 182 valence electrons. The van der Waals surface area contributed by atoms with E-state index in [-0.39, 0.29) is 5.91 Å². The lowest BCUT2D eigenvalue weighted by atomic mass is 9.55. The number of carbonyl (C=O) groups excluding carboxylic acids is 1. The second kappa shape index (κ2) is 7.21. The minimum atomic E-state index is -0.0241. The molecule has 36 heavy (non-hydrogen) atoms. The average molecular weight is 481 g/mol. The van der Waals surface area contributed by atoms with Crippen molar-refractivity contribution in [3.05, 3.63) is 60.3 Å². The van der Waals surface area contributed by atoms with Crippen molar-refractivity contribution in [1.82, 2.24) is 39.9 Å². The summed E-state index contributed by atoms with van der Waals surface area (Å²) in [6.45, 7) is 1.17. The fourth-order valence-electron chi connectivity index (χ4n) is 8.50. The highest BCUT2D eigenvalue weighted by Gasteiger charge is 2.70. The zero-order valence-corrected chi connectivity index (χ0v) is 20.0. The minimum absolute atomic E-state index is 0.0241. The Morgan fingerprint density at radius 2 is 2.00 bits per heavy atom. The van der Waals surface area contributed by atoms with Gasteiger partial charge in [-0.1, -0.05) is 6.07 Å². The van der Waals surface area contributed by atoms with Gasteiger partial charge in [-0.05, 0) is 96.6 Å². The topological polar surface area (TPSA) is 103 Å². The Labute approximate surface area is 208 Å². The van der Waals surface area contributed by atoms with Gasteiger partial charge in [0.05, 0.1) is 5.69 Å². The lowest BCUT2D eigenvalue weighted by Crippen LogP contribution is -2.43. The van der Waals surface area contributed by atoms with E-state index in [0.717, 1.165) is 41.2 Å². The van der Waals surface area contributed by atoms with Gasteiger partial charge in [0.1, 0.15) is 17.9 Å². The number of tetrazole rings is 1. The van der Waals surface area contributed by atoms with Gasteiger partial charge in [0.15, 0.2) is 0 Å². The van der Waals surface area contributed by atoms with Gasteiger partial charge >= 0.3 is 0 Å². The SMILES string of the molecule is O=C(NCC12CC3CC4CC(C1)C4(C3)C2)c1cccc2nc(Cn3nnc(-c4ccncc4)n3)cn12. The summed E-state index contributed by atoms with van der Waals surface area (Å²) in [4.78, 5) is 23.6. The smallest absolute Gasteiger partial charge is 0.268 e. The van der Waals surface area contributed by atoms with Crippen LogP contribution in [0.25, 0.3) is 17.0 Å². The van der Waals surface area contributed by atoms with Crippen molar-refractivity contribution in [3.63, 3.8) is 0 Å². The molecule has 5 atom stereocenters. The first kappa shape index (κ1) is 20.6. The molecule has 1 spiro atoms. The number of rotatable bonds is 6. The number of pyridine rings is 2.